The van der Waals surface area contributed by atoms with Crippen LogP contribution < -0.4 is 5.32 Å². The number of nitrogens with one attached hydrogen (secondary N) is 1. The molecule has 0 saturated carbocycles. The maximum Gasteiger partial charge on any atom is 0.211 e. The van der Waals surface area contributed by atoms with Gasteiger partial charge in [-0.1, -0.05) is 30.3 Å². The first-order valence-corrected chi connectivity index (χ1v) is 9.63. The molecule has 27 heavy (non-hydrogen) atoms. The third-order valence-corrected chi connectivity index (χ3v) is 5.01. The average molecular weight is 380 g/mol. The Balaban J connectivity index is 1.80. The fourth-order valence-corrected chi connectivity index (χ4v) is 3.64. The van der Waals surface area contributed by atoms with Crippen molar-refractivity contribution in [3.8, 4) is 16.4 Å². The molecule has 2 aromatic carbocycles. The molecule has 0 amide bonds. The number of thiazole rings is 1. The van der Waals surface area contributed by atoms with E-state index in [0.29, 0.717) is 13.2 Å². The Labute approximate surface area is 161 Å². The fraction of sp³-hybridized carbons (Fsp3) is 0.200. The van der Waals surface area contributed by atoms with Crippen LogP contribution in [0, 0.1) is 0 Å². The van der Waals surface area contributed by atoms with E-state index in [9.17, 15) is 0 Å². The van der Waals surface area contributed by atoms with Gasteiger partial charge in [0.2, 0.25) is 5.13 Å². The monoisotopic (exact) mass is 380 g/mol. The van der Waals surface area contributed by atoms with E-state index in [1.165, 1.54) is 11.3 Å². The van der Waals surface area contributed by atoms with Gasteiger partial charge in [0.05, 0.1) is 17.8 Å². The molecule has 6 nitrogen and oxygen atoms in total. The third-order valence-electron chi connectivity index (χ3n) is 4.15. The predicted octanol–water partition coefficient (Wildman–Crippen LogP) is 4.66. The summed E-state index contributed by atoms with van der Waals surface area (Å²) in [6.07, 6.45) is 0. The minimum Gasteiger partial charge on any atom is -0.388 e. The molecular weight excluding hydrogens is 360 g/mol. The van der Waals surface area contributed by atoms with Crippen LogP contribution in [-0.2, 0) is 16.4 Å². The summed E-state index contributed by atoms with van der Waals surface area (Å²) in [5.74, 6) is 0. The highest BCUT2D eigenvalue weighted by Crippen LogP contribution is 2.32. The number of benzene rings is 2. The summed E-state index contributed by atoms with van der Waals surface area (Å²) >= 11 is 1.53. The molecule has 1 N–H and O–H groups in total. The second-order valence-electron chi connectivity index (χ2n) is 5.90. The Morgan fingerprint density at radius 1 is 1.11 bits per heavy atom. The maximum atomic E-state index is 5.12. The number of hydrogen-bond acceptors (Lipinski definition) is 6. The van der Waals surface area contributed by atoms with Crippen LogP contribution in [0.4, 0.5) is 5.69 Å². The molecule has 0 aliphatic heterocycles. The molecule has 4 aromatic rings. The molecule has 4 rings (SSSR count). The molecule has 0 radical (unpaired) electrons. The zero-order valence-electron chi connectivity index (χ0n) is 15.2. The molecule has 7 heteroatoms. The zero-order valence-corrected chi connectivity index (χ0v) is 16.0. The van der Waals surface area contributed by atoms with Gasteiger partial charge in [-0.15, -0.1) is 11.3 Å². The van der Waals surface area contributed by atoms with Gasteiger partial charge in [-0.05, 0) is 25.1 Å². The van der Waals surface area contributed by atoms with Crippen LogP contribution in [0.3, 0.4) is 0 Å². The first-order valence-electron chi connectivity index (χ1n) is 8.75. The van der Waals surface area contributed by atoms with Crippen LogP contribution >= 0.6 is 11.3 Å². The van der Waals surface area contributed by atoms with Gasteiger partial charge in [-0.3, -0.25) is 0 Å². The quantitative estimate of drug-likeness (QED) is 0.287. The van der Waals surface area contributed by atoms with Crippen molar-refractivity contribution in [3.63, 3.8) is 0 Å². The van der Waals surface area contributed by atoms with Crippen LogP contribution in [-0.4, -0.2) is 28.4 Å². The molecule has 0 unspecified atom stereocenters. The number of anilines is 1. The van der Waals surface area contributed by atoms with Crippen molar-refractivity contribution in [2.75, 3.05) is 19.0 Å². The lowest BCUT2D eigenvalue weighted by Crippen LogP contribution is -1.99. The summed E-state index contributed by atoms with van der Waals surface area (Å²) in [4.78, 5) is 14.7. The van der Waals surface area contributed by atoms with Crippen molar-refractivity contribution in [3.05, 3.63) is 59.6 Å². The summed E-state index contributed by atoms with van der Waals surface area (Å²) in [7, 11) is 1.91. The first kappa shape index (κ1) is 17.7. The van der Waals surface area contributed by atoms with Crippen LogP contribution in [0.25, 0.3) is 27.3 Å². The SMILES string of the molecule is CCOOCc1csc(-n2nc(-c3ccccc3)c3ccc(NC)cc32)n1. The van der Waals surface area contributed by atoms with E-state index >= 15 is 0 Å². The average Bonchev–Trinajstić information content (AvgIpc) is 3.33. The van der Waals surface area contributed by atoms with Gasteiger partial charge >= 0.3 is 0 Å². The lowest BCUT2D eigenvalue weighted by molar-refractivity contribution is -0.301. The van der Waals surface area contributed by atoms with Gasteiger partial charge in [0.25, 0.3) is 0 Å². The summed E-state index contributed by atoms with van der Waals surface area (Å²) < 4.78 is 1.90. The lowest BCUT2D eigenvalue weighted by Gasteiger charge is -2.02. The van der Waals surface area contributed by atoms with Gasteiger partial charge in [-0.2, -0.15) is 5.10 Å². The molecule has 2 heterocycles. The number of aromatic nitrogens is 3. The van der Waals surface area contributed by atoms with E-state index in [-0.39, 0.29) is 0 Å². The lowest BCUT2D eigenvalue weighted by atomic mass is 10.1. The Bertz CT molecular complexity index is 1040. The standard InChI is InChI=1S/C20H20N4O2S/c1-3-25-26-12-16-13-27-20(22-16)24-18-11-15(21-2)9-10-17(18)19(23-24)14-7-5-4-6-8-14/h4-11,13,21H,3,12H2,1-2H3. The molecule has 0 saturated heterocycles. The molecule has 2 aromatic heterocycles. The highest BCUT2D eigenvalue weighted by atomic mass is 32.1. The molecule has 0 spiro atoms. The van der Waals surface area contributed by atoms with Gasteiger partial charge in [0.1, 0.15) is 12.3 Å². The van der Waals surface area contributed by atoms with E-state index in [2.05, 4.69) is 40.6 Å². The zero-order chi connectivity index (χ0) is 18.6. The van der Waals surface area contributed by atoms with E-state index in [4.69, 9.17) is 14.9 Å². The largest absolute Gasteiger partial charge is 0.388 e. The van der Waals surface area contributed by atoms with E-state index < -0.39 is 0 Å². The van der Waals surface area contributed by atoms with E-state index in [1.54, 1.807) is 0 Å². The summed E-state index contributed by atoms with van der Waals surface area (Å²) in [5.41, 5.74) is 4.87. The van der Waals surface area contributed by atoms with Crippen molar-refractivity contribution < 1.29 is 9.78 Å². The number of rotatable bonds is 7. The molecular formula is C20H20N4O2S. The Hall–Kier alpha value is -2.74. The normalized spacial score (nSPS) is 11.2. The van der Waals surface area contributed by atoms with Gasteiger partial charge in [-0.25, -0.2) is 19.4 Å². The highest BCUT2D eigenvalue weighted by molar-refractivity contribution is 7.12. The number of fused-ring (bicyclic) bond motifs is 1. The summed E-state index contributed by atoms with van der Waals surface area (Å²) in [5, 5.41) is 11.9. The molecule has 0 aliphatic rings. The van der Waals surface area contributed by atoms with Gasteiger partial charge in [0.15, 0.2) is 0 Å². The Morgan fingerprint density at radius 3 is 2.74 bits per heavy atom. The van der Waals surface area contributed by atoms with Crippen molar-refractivity contribution in [1.82, 2.24) is 14.8 Å². The van der Waals surface area contributed by atoms with Crippen LogP contribution in [0.2, 0.25) is 0 Å². The van der Waals surface area contributed by atoms with E-state index in [0.717, 1.165) is 38.7 Å². The smallest absolute Gasteiger partial charge is 0.211 e. The predicted molar refractivity (Wildman–Crippen MR) is 108 cm³/mol. The minimum absolute atomic E-state index is 0.316. The Kier molecular flexibility index (Phi) is 5.15. The molecule has 0 fully saturated rings. The number of nitrogens with zero attached hydrogens (tertiary/aromatic N) is 3. The third kappa shape index (κ3) is 3.57. The van der Waals surface area contributed by atoms with Crippen LogP contribution in [0.15, 0.2) is 53.9 Å². The van der Waals surface area contributed by atoms with Gasteiger partial charge in [0, 0.05) is 29.1 Å². The number of hydrogen-bond donors (Lipinski definition) is 1. The second-order valence-corrected chi connectivity index (χ2v) is 6.74. The second kappa shape index (κ2) is 7.87. The van der Waals surface area contributed by atoms with Crippen LogP contribution in [0.5, 0.6) is 0 Å². The van der Waals surface area contributed by atoms with Crippen LogP contribution in [0.1, 0.15) is 12.6 Å². The fourth-order valence-electron chi connectivity index (χ4n) is 2.87. The summed E-state index contributed by atoms with van der Waals surface area (Å²) in [6, 6.07) is 16.4. The molecule has 0 bridgehead atoms. The van der Waals surface area contributed by atoms with Gasteiger partial charge < -0.3 is 5.32 Å². The highest BCUT2D eigenvalue weighted by Gasteiger charge is 2.16. The topological polar surface area (TPSA) is 61.2 Å². The molecule has 0 atom stereocenters. The first-order chi connectivity index (χ1) is 13.3. The minimum atomic E-state index is 0.316. The molecule has 0 aliphatic carbocycles. The van der Waals surface area contributed by atoms with Crippen molar-refractivity contribution in [2.24, 2.45) is 0 Å². The maximum absolute atomic E-state index is 5.12. The Morgan fingerprint density at radius 2 is 1.96 bits per heavy atom. The van der Waals surface area contributed by atoms with Crippen molar-refractivity contribution in [1.29, 1.82) is 0 Å². The summed E-state index contributed by atoms with van der Waals surface area (Å²) in [6.45, 7) is 2.71. The van der Waals surface area contributed by atoms with Crippen molar-refractivity contribution in [2.45, 2.75) is 13.5 Å². The van der Waals surface area contributed by atoms with E-state index in [1.807, 2.05) is 42.2 Å². The molecule has 138 valence electrons. The van der Waals surface area contributed by atoms with Crippen molar-refractivity contribution >= 4 is 27.9 Å².